The molecule has 0 spiro atoms. The number of nitrogens with one attached hydrogen (secondary N) is 1. The van der Waals surface area contributed by atoms with Crippen molar-refractivity contribution in [2.45, 2.75) is 12.8 Å². The van der Waals surface area contributed by atoms with Crippen molar-refractivity contribution in [3.8, 4) is 5.88 Å². The predicted molar refractivity (Wildman–Crippen MR) is 82.1 cm³/mol. The van der Waals surface area contributed by atoms with Gasteiger partial charge in [-0.05, 0) is 30.9 Å². The third-order valence-electron chi connectivity index (χ3n) is 3.58. The van der Waals surface area contributed by atoms with Crippen LogP contribution in [0.4, 0.5) is 10.5 Å². The minimum Gasteiger partial charge on any atom is -0.480 e. The van der Waals surface area contributed by atoms with Crippen molar-refractivity contribution < 1.29 is 17.9 Å². The van der Waals surface area contributed by atoms with Crippen LogP contribution in [-0.2, 0) is 10.0 Å². The van der Waals surface area contributed by atoms with Gasteiger partial charge in [-0.1, -0.05) is 0 Å². The number of methoxy groups -OCH3 is 1. The number of aromatic nitrogens is 1. The van der Waals surface area contributed by atoms with Gasteiger partial charge in [0.2, 0.25) is 15.9 Å². The number of amides is 2. The van der Waals surface area contributed by atoms with Crippen molar-refractivity contribution in [2.75, 3.05) is 31.3 Å². The summed E-state index contributed by atoms with van der Waals surface area (Å²) in [6.07, 6.45) is 2.81. The molecule has 9 heteroatoms. The molecule has 122 valence electrons. The molecule has 0 radical (unpaired) electrons. The first-order chi connectivity index (χ1) is 10.4. The lowest BCUT2D eigenvalue weighted by atomic mass is 9.99. The van der Waals surface area contributed by atoms with Gasteiger partial charge in [-0.2, -0.15) is 0 Å². The zero-order valence-corrected chi connectivity index (χ0v) is 13.2. The Balaban J connectivity index is 1.90. The first-order valence-corrected chi connectivity index (χ1v) is 8.66. The van der Waals surface area contributed by atoms with Crippen LogP contribution in [0.15, 0.2) is 18.3 Å². The summed E-state index contributed by atoms with van der Waals surface area (Å²) in [6.45, 7) is 0.989. The van der Waals surface area contributed by atoms with Gasteiger partial charge in [-0.3, -0.25) is 0 Å². The first kappa shape index (κ1) is 16.5. The van der Waals surface area contributed by atoms with Gasteiger partial charge < -0.3 is 15.0 Å². The molecule has 0 saturated carbocycles. The third kappa shape index (κ3) is 4.57. The Morgan fingerprint density at radius 2 is 2.18 bits per heavy atom. The second kappa shape index (κ2) is 6.93. The summed E-state index contributed by atoms with van der Waals surface area (Å²) in [5.41, 5.74) is 0.502. The highest BCUT2D eigenvalue weighted by atomic mass is 32.2. The zero-order chi connectivity index (χ0) is 16.2. The normalized spacial score (nSPS) is 16.4. The number of nitrogens with two attached hydrogens (primary N) is 1. The van der Waals surface area contributed by atoms with E-state index in [0.29, 0.717) is 37.5 Å². The average Bonchev–Trinajstić information content (AvgIpc) is 2.47. The molecule has 22 heavy (non-hydrogen) atoms. The number of carbonyl (C=O) groups is 1. The van der Waals surface area contributed by atoms with E-state index in [9.17, 15) is 13.2 Å². The third-order valence-corrected chi connectivity index (χ3v) is 4.51. The lowest BCUT2D eigenvalue weighted by Crippen LogP contribution is -2.42. The minimum absolute atomic E-state index is 0.00646. The van der Waals surface area contributed by atoms with E-state index in [1.54, 1.807) is 23.2 Å². The van der Waals surface area contributed by atoms with E-state index >= 15 is 0 Å². The summed E-state index contributed by atoms with van der Waals surface area (Å²) >= 11 is 0. The smallest absolute Gasteiger partial charge is 0.321 e. The maximum absolute atomic E-state index is 12.2. The van der Waals surface area contributed by atoms with Crippen LogP contribution in [0, 0.1) is 5.92 Å². The van der Waals surface area contributed by atoms with Crippen molar-refractivity contribution >= 4 is 21.7 Å². The maximum atomic E-state index is 12.2. The molecule has 2 heterocycles. The van der Waals surface area contributed by atoms with Crippen LogP contribution < -0.4 is 15.2 Å². The molecule has 2 rings (SSSR count). The van der Waals surface area contributed by atoms with Gasteiger partial charge in [0.1, 0.15) is 5.69 Å². The number of hydrogen-bond donors (Lipinski definition) is 2. The highest BCUT2D eigenvalue weighted by Crippen LogP contribution is 2.22. The standard InChI is InChI=1S/C13H20N4O4S/c1-21-12-11(3-2-6-15-12)16-13(18)17-7-4-10(5-8-17)9-22(14,19)20/h2-3,6,10H,4-5,7-9H2,1H3,(H,16,18)(H2,14,19,20). The number of pyridine rings is 1. The fourth-order valence-electron chi connectivity index (χ4n) is 2.47. The fraction of sp³-hybridized carbons (Fsp3) is 0.538. The molecule has 1 aliphatic heterocycles. The summed E-state index contributed by atoms with van der Waals surface area (Å²) in [4.78, 5) is 17.9. The summed E-state index contributed by atoms with van der Waals surface area (Å²) in [7, 11) is -1.98. The number of likely N-dealkylation sites (tertiary alicyclic amines) is 1. The maximum Gasteiger partial charge on any atom is 0.321 e. The highest BCUT2D eigenvalue weighted by molar-refractivity contribution is 7.89. The van der Waals surface area contributed by atoms with Crippen LogP contribution in [0.3, 0.4) is 0 Å². The van der Waals surface area contributed by atoms with E-state index < -0.39 is 10.0 Å². The van der Waals surface area contributed by atoms with Crippen LogP contribution in [0.1, 0.15) is 12.8 Å². The molecular weight excluding hydrogens is 308 g/mol. The number of primary sulfonamides is 1. The number of nitrogens with zero attached hydrogens (tertiary/aromatic N) is 2. The van der Waals surface area contributed by atoms with Gasteiger partial charge in [0, 0.05) is 19.3 Å². The molecular formula is C13H20N4O4S. The highest BCUT2D eigenvalue weighted by Gasteiger charge is 2.25. The van der Waals surface area contributed by atoms with Crippen LogP contribution >= 0.6 is 0 Å². The Morgan fingerprint density at radius 3 is 2.77 bits per heavy atom. The van der Waals surface area contributed by atoms with Crippen LogP contribution in [0.25, 0.3) is 0 Å². The number of hydrogen-bond acceptors (Lipinski definition) is 5. The molecule has 0 aliphatic carbocycles. The van der Waals surface area contributed by atoms with Crippen LogP contribution in [-0.4, -0.2) is 50.3 Å². The van der Waals surface area contributed by atoms with Gasteiger partial charge in [0.15, 0.2) is 0 Å². The molecule has 1 saturated heterocycles. The van der Waals surface area contributed by atoms with Gasteiger partial charge >= 0.3 is 6.03 Å². The number of piperidine rings is 1. The molecule has 0 aromatic carbocycles. The molecule has 1 aromatic rings. The van der Waals surface area contributed by atoms with Crippen LogP contribution in [0.2, 0.25) is 0 Å². The Morgan fingerprint density at radius 1 is 1.50 bits per heavy atom. The van der Waals surface area contributed by atoms with Gasteiger partial charge in [-0.25, -0.2) is 23.3 Å². The average molecular weight is 328 g/mol. The molecule has 0 atom stereocenters. The molecule has 3 N–H and O–H groups in total. The van der Waals surface area contributed by atoms with Crippen molar-refractivity contribution in [3.63, 3.8) is 0 Å². The molecule has 8 nitrogen and oxygen atoms in total. The molecule has 1 aromatic heterocycles. The summed E-state index contributed by atoms with van der Waals surface area (Å²) in [6, 6.07) is 3.16. The molecule has 2 amide bonds. The Hall–Kier alpha value is -1.87. The quantitative estimate of drug-likeness (QED) is 0.841. The largest absolute Gasteiger partial charge is 0.480 e. The first-order valence-electron chi connectivity index (χ1n) is 6.94. The SMILES string of the molecule is COc1ncccc1NC(=O)N1CCC(CS(N)(=O)=O)CC1. The van der Waals surface area contributed by atoms with E-state index in [1.807, 2.05) is 0 Å². The molecule has 1 fully saturated rings. The van der Waals surface area contributed by atoms with Crippen molar-refractivity contribution in [3.05, 3.63) is 18.3 Å². The summed E-state index contributed by atoms with van der Waals surface area (Å²) in [5, 5.41) is 7.80. The van der Waals surface area contributed by atoms with E-state index in [4.69, 9.17) is 9.88 Å². The van der Waals surface area contributed by atoms with E-state index in [0.717, 1.165) is 0 Å². The lowest BCUT2D eigenvalue weighted by molar-refractivity contribution is 0.187. The minimum atomic E-state index is -3.46. The summed E-state index contributed by atoms with van der Waals surface area (Å²) in [5.74, 6) is 0.325. The van der Waals surface area contributed by atoms with Crippen LogP contribution in [0.5, 0.6) is 5.88 Å². The van der Waals surface area contributed by atoms with E-state index in [1.165, 1.54) is 7.11 Å². The zero-order valence-electron chi connectivity index (χ0n) is 12.4. The second-order valence-corrected chi connectivity index (χ2v) is 6.91. The van der Waals surface area contributed by atoms with Crippen molar-refractivity contribution in [2.24, 2.45) is 11.1 Å². The number of rotatable bonds is 4. The summed E-state index contributed by atoms with van der Waals surface area (Å²) < 4.78 is 27.3. The van der Waals surface area contributed by atoms with Gasteiger partial charge in [-0.15, -0.1) is 0 Å². The molecule has 0 unspecified atom stereocenters. The Kier molecular flexibility index (Phi) is 5.19. The number of ether oxygens (including phenoxy) is 1. The second-order valence-electron chi connectivity index (χ2n) is 5.25. The Labute approximate surface area is 129 Å². The molecule has 1 aliphatic rings. The van der Waals surface area contributed by atoms with Crippen molar-refractivity contribution in [1.82, 2.24) is 9.88 Å². The number of urea groups is 1. The lowest BCUT2D eigenvalue weighted by Gasteiger charge is -2.31. The fourth-order valence-corrected chi connectivity index (χ4v) is 3.46. The van der Waals surface area contributed by atoms with Crippen molar-refractivity contribution in [1.29, 1.82) is 0 Å². The monoisotopic (exact) mass is 328 g/mol. The van der Waals surface area contributed by atoms with E-state index in [2.05, 4.69) is 10.3 Å². The Bertz CT molecular complexity index is 627. The number of sulfonamides is 1. The predicted octanol–water partition coefficient (Wildman–Crippen LogP) is 0.623. The number of carbonyl (C=O) groups excluding carboxylic acids is 1. The van der Waals surface area contributed by atoms with Gasteiger partial charge in [0.25, 0.3) is 0 Å². The topological polar surface area (TPSA) is 115 Å². The molecule has 0 bridgehead atoms. The number of anilines is 1. The van der Waals surface area contributed by atoms with E-state index in [-0.39, 0.29) is 17.7 Å². The van der Waals surface area contributed by atoms with Gasteiger partial charge in [0.05, 0.1) is 12.9 Å².